The summed E-state index contributed by atoms with van der Waals surface area (Å²) in [4.78, 5) is 28.2. The van der Waals surface area contributed by atoms with Crippen LogP contribution in [0.4, 0.5) is 16.2 Å². The molecule has 22 heavy (non-hydrogen) atoms. The molecule has 8 heteroatoms. The molecule has 1 aromatic heterocycles. The van der Waals surface area contributed by atoms with Crippen LogP contribution >= 0.6 is 0 Å². The number of urea groups is 1. The highest BCUT2D eigenvalue weighted by molar-refractivity contribution is 6.00. The van der Waals surface area contributed by atoms with Crippen molar-refractivity contribution in [3.8, 4) is 11.5 Å². The lowest BCUT2D eigenvalue weighted by Gasteiger charge is -2.08. The highest BCUT2D eigenvalue weighted by atomic mass is 16.3. The number of hydrogen-bond donors (Lipinski definition) is 6. The van der Waals surface area contributed by atoms with Gasteiger partial charge in [0.05, 0.1) is 11.0 Å². The van der Waals surface area contributed by atoms with Gasteiger partial charge >= 0.3 is 11.7 Å². The number of H-pyrrole nitrogens is 2. The number of fused-ring (bicyclic) bond motifs is 1. The van der Waals surface area contributed by atoms with E-state index in [2.05, 4.69) is 20.6 Å². The van der Waals surface area contributed by atoms with E-state index in [1.807, 2.05) is 0 Å². The SMILES string of the molecule is O=C(Nc1ccc(O)c(O)c1)Nc1ccc2[nH]c(=O)[nH]c2c1. The quantitative estimate of drug-likeness (QED) is 0.319. The van der Waals surface area contributed by atoms with Crippen LogP contribution in [0, 0.1) is 0 Å². The number of anilines is 2. The zero-order valence-corrected chi connectivity index (χ0v) is 11.2. The van der Waals surface area contributed by atoms with Crippen LogP contribution in [0.15, 0.2) is 41.2 Å². The number of amides is 2. The lowest BCUT2D eigenvalue weighted by atomic mass is 10.2. The van der Waals surface area contributed by atoms with Crippen molar-refractivity contribution in [2.75, 3.05) is 10.6 Å². The van der Waals surface area contributed by atoms with Crippen LogP contribution in [0.2, 0.25) is 0 Å². The lowest BCUT2D eigenvalue weighted by molar-refractivity contribution is 0.262. The zero-order chi connectivity index (χ0) is 15.7. The van der Waals surface area contributed by atoms with Crippen LogP contribution in [0.5, 0.6) is 11.5 Å². The van der Waals surface area contributed by atoms with Gasteiger partial charge in [-0.25, -0.2) is 9.59 Å². The summed E-state index contributed by atoms with van der Waals surface area (Å²) in [5.74, 6) is -0.600. The summed E-state index contributed by atoms with van der Waals surface area (Å²) in [6.45, 7) is 0. The van der Waals surface area contributed by atoms with Gasteiger partial charge < -0.3 is 30.8 Å². The second-order valence-electron chi connectivity index (χ2n) is 4.62. The summed E-state index contributed by atoms with van der Waals surface area (Å²) in [5.41, 5.74) is 1.70. The number of benzene rings is 2. The summed E-state index contributed by atoms with van der Waals surface area (Å²) in [5, 5.41) is 23.7. The molecule has 8 nitrogen and oxygen atoms in total. The van der Waals surface area contributed by atoms with E-state index in [0.717, 1.165) is 0 Å². The fourth-order valence-electron chi connectivity index (χ4n) is 2.00. The van der Waals surface area contributed by atoms with Crippen molar-refractivity contribution >= 4 is 28.4 Å². The molecule has 3 aromatic rings. The molecule has 112 valence electrons. The molecule has 3 rings (SSSR count). The molecule has 1 heterocycles. The number of aromatic hydroxyl groups is 2. The normalized spacial score (nSPS) is 10.5. The Labute approximate surface area is 123 Å². The Morgan fingerprint density at radius 2 is 1.50 bits per heavy atom. The van der Waals surface area contributed by atoms with Gasteiger partial charge in [-0.1, -0.05) is 0 Å². The van der Waals surface area contributed by atoms with Gasteiger partial charge in [-0.05, 0) is 30.3 Å². The summed E-state index contributed by atoms with van der Waals surface area (Å²) >= 11 is 0. The number of imidazole rings is 1. The first kappa shape index (κ1) is 13.6. The molecule has 0 spiro atoms. The molecule has 0 aliphatic heterocycles. The van der Waals surface area contributed by atoms with E-state index >= 15 is 0 Å². The molecule has 0 bridgehead atoms. The van der Waals surface area contributed by atoms with Crippen LogP contribution in [-0.4, -0.2) is 26.2 Å². The van der Waals surface area contributed by atoms with Crippen LogP contribution < -0.4 is 16.3 Å². The van der Waals surface area contributed by atoms with Crippen molar-refractivity contribution in [1.29, 1.82) is 0 Å². The average Bonchev–Trinajstić information content (AvgIpc) is 2.82. The number of aromatic amines is 2. The first-order valence-corrected chi connectivity index (χ1v) is 6.33. The van der Waals surface area contributed by atoms with Gasteiger partial charge in [0, 0.05) is 17.4 Å². The van der Waals surface area contributed by atoms with Gasteiger partial charge in [-0.15, -0.1) is 0 Å². The van der Waals surface area contributed by atoms with E-state index in [-0.39, 0.29) is 17.2 Å². The fraction of sp³-hybridized carbons (Fsp3) is 0. The van der Waals surface area contributed by atoms with Crippen molar-refractivity contribution in [3.05, 3.63) is 46.9 Å². The molecule has 0 atom stereocenters. The van der Waals surface area contributed by atoms with Crippen LogP contribution in [0.25, 0.3) is 11.0 Å². The van der Waals surface area contributed by atoms with E-state index in [4.69, 9.17) is 0 Å². The topological polar surface area (TPSA) is 130 Å². The number of nitrogens with one attached hydrogen (secondary N) is 4. The Morgan fingerprint density at radius 3 is 2.23 bits per heavy atom. The number of carbonyl (C=O) groups is 1. The number of rotatable bonds is 2. The summed E-state index contributed by atoms with van der Waals surface area (Å²) in [6, 6.07) is 8.32. The van der Waals surface area contributed by atoms with Crippen molar-refractivity contribution in [2.45, 2.75) is 0 Å². The molecule has 0 aliphatic rings. The van der Waals surface area contributed by atoms with Crippen LogP contribution in [0.3, 0.4) is 0 Å². The fourth-order valence-corrected chi connectivity index (χ4v) is 2.00. The van der Waals surface area contributed by atoms with Crippen molar-refractivity contribution in [2.24, 2.45) is 0 Å². The highest BCUT2D eigenvalue weighted by Crippen LogP contribution is 2.27. The number of phenolic OH excluding ortho intramolecular Hbond substituents is 2. The van der Waals surface area contributed by atoms with Crippen LogP contribution in [-0.2, 0) is 0 Å². The standard InChI is InChI=1S/C14H12N4O4/c19-11-4-2-8(6-12(11)20)16-13(21)15-7-1-3-9-10(5-7)18-14(22)17-9/h1-6,19-20H,(H2,15,16,21)(H2,17,18,22). The van der Waals surface area contributed by atoms with Gasteiger partial charge in [0.15, 0.2) is 11.5 Å². The predicted molar refractivity (Wildman–Crippen MR) is 81.3 cm³/mol. The lowest BCUT2D eigenvalue weighted by Crippen LogP contribution is -2.19. The van der Waals surface area contributed by atoms with Gasteiger partial charge in [0.1, 0.15) is 0 Å². The molecule has 2 amide bonds. The first-order valence-electron chi connectivity index (χ1n) is 6.33. The Morgan fingerprint density at radius 1 is 0.864 bits per heavy atom. The molecular formula is C14H12N4O4. The highest BCUT2D eigenvalue weighted by Gasteiger charge is 2.06. The first-order chi connectivity index (χ1) is 10.5. The summed E-state index contributed by atoms with van der Waals surface area (Å²) in [6.07, 6.45) is 0. The maximum atomic E-state index is 11.9. The van der Waals surface area contributed by atoms with Gasteiger partial charge in [-0.2, -0.15) is 0 Å². The minimum atomic E-state index is -0.526. The van der Waals surface area contributed by atoms with Crippen LogP contribution in [0.1, 0.15) is 0 Å². The minimum Gasteiger partial charge on any atom is -0.504 e. The Hall–Kier alpha value is -3.42. The smallest absolute Gasteiger partial charge is 0.323 e. The average molecular weight is 300 g/mol. The van der Waals surface area contributed by atoms with E-state index in [9.17, 15) is 19.8 Å². The number of hydrogen-bond acceptors (Lipinski definition) is 4. The molecule has 0 saturated carbocycles. The monoisotopic (exact) mass is 300 g/mol. The Kier molecular flexibility index (Phi) is 3.18. The summed E-state index contributed by atoms with van der Waals surface area (Å²) in [7, 11) is 0. The Bertz CT molecular complexity index is 913. The molecule has 2 aromatic carbocycles. The third kappa shape index (κ3) is 2.70. The van der Waals surface area contributed by atoms with Gasteiger partial charge in [0.25, 0.3) is 0 Å². The second kappa shape index (κ2) is 5.17. The molecule has 0 radical (unpaired) electrons. The minimum absolute atomic E-state index is 0.271. The van der Waals surface area contributed by atoms with E-state index in [1.165, 1.54) is 18.2 Å². The molecule has 0 unspecified atom stereocenters. The molecule has 0 aliphatic carbocycles. The Balaban J connectivity index is 1.74. The third-order valence-corrected chi connectivity index (χ3v) is 3.01. The van der Waals surface area contributed by atoms with E-state index in [0.29, 0.717) is 22.4 Å². The van der Waals surface area contributed by atoms with E-state index < -0.39 is 6.03 Å². The van der Waals surface area contributed by atoms with Crippen molar-refractivity contribution < 1.29 is 15.0 Å². The third-order valence-electron chi connectivity index (χ3n) is 3.01. The molecule has 0 saturated heterocycles. The largest absolute Gasteiger partial charge is 0.504 e. The summed E-state index contributed by atoms with van der Waals surface area (Å²) < 4.78 is 0. The predicted octanol–water partition coefficient (Wildman–Crippen LogP) is 1.91. The molecule has 6 N–H and O–H groups in total. The van der Waals surface area contributed by atoms with E-state index in [1.54, 1.807) is 18.2 Å². The van der Waals surface area contributed by atoms with Gasteiger partial charge in [-0.3, -0.25) is 0 Å². The van der Waals surface area contributed by atoms with Crippen molar-refractivity contribution in [3.63, 3.8) is 0 Å². The molecular weight excluding hydrogens is 288 g/mol. The number of aromatic nitrogens is 2. The van der Waals surface area contributed by atoms with Gasteiger partial charge in [0.2, 0.25) is 0 Å². The number of carbonyl (C=O) groups excluding carboxylic acids is 1. The number of phenols is 2. The molecule has 0 fully saturated rings. The maximum absolute atomic E-state index is 11.9. The van der Waals surface area contributed by atoms with Crippen molar-refractivity contribution in [1.82, 2.24) is 9.97 Å². The zero-order valence-electron chi connectivity index (χ0n) is 11.2. The second-order valence-corrected chi connectivity index (χ2v) is 4.62. The maximum Gasteiger partial charge on any atom is 0.323 e.